The van der Waals surface area contributed by atoms with Crippen molar-refractivity contribution in [2.24, 2.45) is 5.92 Å². The highest BCUT2D eigenvalue weighted by molar-refractivity contribution is 5.62. The predicted molar refractivity (Wildman–Crippen MR) is 108 cm³/mol. The summed E-state index contributed by atoms with van der Waals surface area (Å²) in [6, 6.07) is 8.42. The van der Waals surface area contributed by atoms with Gasteiger partial charge in [-0.05, 0) is 56.6 Å². The first-order chi connectivity index (χ1) is 13.8. The van der Waals surface area contributed by atoms with Gasteiger partial charge < -0.3 is 15.4 Å². The number of anilines is 1. The van der Waals surface area contributed by atoms with Crippen LogP contribution in [0.5, 0.6) is 0 Å². The van der Waals surface area contributed by atoms with Gasteiger partial charge in [0.1, 0.15) is 0 Å². The Morgan fingerprint density at radius 2 is 1.76 bits per heavy atom. The van der Waals surface area contributed by atoms with Crippen molar-refractivity contribution < 1.29 is 9.63 Å². The molecule has 7 nitrogen and oxygen atoms in total. The Morgan fingerprint density at radius 3 is 2.34 bits per heavy atom. The summed E-state index contributed by atoms with van der Waals surface area (Å²) < 4.78 is 5.61. The molecule has 2 fully saturated rings. The van der Waals surface area contributed by atoms with Gasteiger partial charge >= 0.3 is 0 Å². The molecule has 5 rings (SSSR count). The lowest BCUT2D eigenvalue weighted by Gasteiger charge is -2.38. The number of benzene rings is 1. The maximum atomic E-state index is 10.0. The fourth-order valence-corrected chi connectivity index (χ4v) is 4.49. The SMILES string of the molecule is CC1(O)CC(c2nc(C(C)(c3ccc(-c4cnc(N)nc4)cc3)C3CC3)no2)C1. The van der Waals surface area contributed by atoms with Crippen LogP contribution in [0.25, 0.3) is 11.1 Å². The Hall–Kier alpha value is -2.80. The molecule has 0 bridgehead atoms. The van der Waals surface area contributed by atoms with Gasteiger partial charge in [-0.25, -0.2) is 9.97 Å². The Kier molecular flexibility index (Phi) is 4.00. The predicted octanol–water partition coefficient (Wildman–Crippen LogP) is 3.45. The number of hydrogen-bond donors (Lipinski definition) is 2. The molecule has 0 spiro atoms. The molecule has 0 saturated heterocycles. The third-order valence-electron chi connectivity index (χ3n) is 6.51. The van der Waals surface area contributed by atoms with Gasteiger partial charge in [0.25, 0.3) is 0 Å². The van der Waals surface area contributed by atoms with E-state index in [-0.39, 0.29) is 17.3 Å². The van der Waals surface area contributed by atoms with Gasteiger partial charge in [-0.1, -0.05) is 29.4 Å². The number of nitrogens with zero attached hydrogens (tertiary/aromatic N) is 4. The van der Waals surface area contributed by atoms with Gasteiger partial charge in [0.2, 0.25) is 11.8 Å². The molecule has 150 valence electrons. The van der Waals surface area contributed by atoms with E-state index in [2.05, 4.69) is 46.3 Å². The molecule has 2 aliphatic carbocycles. The van der Waals surface area contributed by atoms with Crippen molar-refractivity contribution in [3.63, 3.8) is 0 Å². The van der Waals surface area contributed by atoms with Crippen LogP contribution >= 0.6 is 0 Å². The fraction of sp³-hybridized carbons (Fsp3) is 0.455. The minimum absolute atomic E-state index is 0.155. The quantitative estimate of drug-likeness (QED) is 0.685. The van der Waals surface area contributed by atoms with Crippen molar-refractivity contribution in [3.8, 4) is 11.1 Å². The van der Waals surface area contributed by atoms with E-state index in [9.17, 15) is 5.11 Å². The highest BCUT2D eigenvalue weighted by Gasteiger charge is 2.49. The van der Waals surface area contributed by atoms with E-state index in [1.165, 1.54) is 5.56 Å². The van der Waals surface area contributed by atoms with Gasteiger partial charge in [-0.3, -0.25) is 0 Å². The molecule has 7 heteroatoms. The maximum Gasteiger partial charge on any atom is 0.230 e. The van der Waals surface area contributed by atoms with E-state index in [1.807, 2.05) is 6.92 Å². The molecule has 1 aromatic carbocycles. The smallest absolute Gasteiger partial charge is 0.230 e. The summed E-state index contributed by atoms with van der Waals surface area (Å²) in [7, 11) is 0. The van der Waals surface area contributed by atoms with Gasteiger partial charge in [-0.2, -0.15) is 4.98 Å². The van der Waals surface area contributed by atoms with Crippen LogP contribution in [0.2, 0.25) is 0 Å². The number of rotatable bonds is 5. The molecule has 1 atom stereocenters. The van der Waals surface area contributed by atoms with Crippen molar-refractivity contribution in [3.05, 3.63) is 53.9 Å². The highest BCUT2D eigenvalue weighted by atomic mass is 16.5. The maximum absolute atomic E-state index is 10.0. The van der Waals surface area contributed by atoms with Crippen LogP contribution in [-0.2, 0) is 5.41 Å². The minimum atomic E-state index is -0.610. The molecule has 2 aliphatic rings. The standard InChI is InChI=1S/C22H25N5O2/c1-21(28)9-14(10-21)18-26-19(27-29-18)22(2,17-7-8-17)16-5-3-13(4-6-16)15-11-24-20(23)25-12-15/h3-6,11-12,14,17,28H,7-10H2,1-2H3,(H2,23,24,25). The molecule has 3 N–H and O–H groups in total. The first-order valence-electron chi connectivity index (χ1n) is 10.1. The second-order valence-electron chi connectivity index (χ2n) is 8.94. The number of nitrogen functional groups attached to an aromatic ring is 1. The van der Waals surface area contributed by atoms with Gasteiger partial charge in [-0.15, -0.1) is 0 Å². The molecule has 2 saturated carbocycles. The molecular weight excluding hydrogens is 366 g/mol. The minimum Gasteiger partial charge on any atom is -0.390 e. The summed E-state index contributed by atoms with van der Waals surface area (Å²) in [4.78, 5) is 12.9. The topological polar surface area (TPSA) is 111 Å². The van der Waals surface area contributed by atoms with Crippen LogP contribution in [0.15, 0.2) is 41.2 Å². The zero-order valence-corrected chi connectivity index (χ0v) is 16.7. The van der Waals surface area contributed by atoms with E-state index >= 15 is 0 Å². The van der Waals surface area contributed by atoms with Crippen molar-refractivity contribution in [1.82, 2.24) is 20.1 Å². The number of aromatic nitrogens is 4. The zero-order valence-electron chi connectivity index (χ0n) is 16.7. The molecule has 2 aromatic heterocycles. The van der Waals surface area contributed by atoms with E-state index in [0.29, 0.717) is 24.7 Å². The van der Waals surface area contributed by atoms with E-state index in [1.54, 1.807) is 12.4 Å². The summed E-state index contributed by atoms with van der Waals surface area (Å²) in [5.74, 6) is 2.32. The van der Waals surface area contributed by atoms with Gasteiger partial charge in [0, 0.05) is 23.9 Å². The molecular formula is C22H25N5O2. The highest BCUT2D eigenvalue weighted by Crippen LogP contribution is 2.51. The van der Waals surface area contributed by atoms with E-state index in [0.717, 1.165) is 29.8 Å². The van der Waals surface area contributed by atoms with E-state index in [4.69, 9.17) is 15.2 Å². The Bertz CT molecular complexity index is 1020. The Morgan fingerprint density at radius 1 is 1.10 bits per heavy atom. The van der Waals surface area contributed by atoms with Crippen molar-refractivity contribution >= 4 is 5.95 Å². The first-order valence-corrected chi connectivity index (χ1v) is 10.1. The van der Waals surface area contributed by atoms with Gasteiger partial charge in [0.15, 0.2) is 5.82 Å². The van der Waals surface area contributed by atoms with Crippen LogP contribution < -0.4 is 5.73 Å². The van der Waals surface area contributed by atoms with Crippen LogP contribution in [-0.4, -0.2) is 30.8 Å². The summed E-state index contributed by atoms with van der Waals surface area (Å²) >= 11 is 0. The summed E-state index contributed by atoms with van der Waals surface area (Å²) in [6.45, 7) is 4.06. The Labute approximate surface area is 169 Å². The Balaban J connectivity index is 1.44. The van der Waals surface area contributed by atoms with Crippen LogP contribution in [0.3, 0.4) is 0 Å². The monoisotopic (exact) mass is 391 g/mol. The molecule has 29 heavy (non-hydrogen) atoms. The third kappa shape index (κ3) is 3.19. The largest absolute Gasteiger partial charge is 0.390 e. The lowest BCUT2D eigenvalue weighted by molar-refractivity contribution is -0.0386. The number of nitrogens with two attached hydrogens (primary N) is 1. The summed E-state index contributed by atoms with van der Waals surface area (Å²) in [5, 5.41) is 14.4. The van der Waals surface area contributed by atoms with Crippen LogP contribution in [0, 0.1) is 5.92 Å². The normalized spacial score (nSPS) is 26.0. The van der Waals surface area contributed by atoms with E-state index < -0.39 is 5.60 Å². The lowest BCUT2D eigenvalue weighted by Crippen LogP contribution is -2.39. The zero-order chi connectivity index (χ0) is 20.2. The first kappa shape index (κ1) is 18.2. The fourth-order valence-electron chi connectivity index (χ4n) is 4.49. The van der Waals surface area contributed by atoms with Crippen LogP contribution in [0.4, 0.5) is 5.95 Å². The van der Waals surface area contributed by atoms with Crippen molar-refractivity contribution in [2.75, 3.05) is 5.73 Å². The second kappa shape index (κ2) is 6.35. The second-order valence-corrected chi connectivity index (χ2v) is 8.94. The van der Waals surface area contributed by atoms with Gasteiger partial charge in [0.05, 0.1) is 11.0 Å². The third-order valence-corrected chi connectivity index (χ3v) is 6.51. The number of aliphatic hydroxyl groups is 1. The molecule has 2 heterocycles. The molecule has 1 unspecified atom stereocenters. The average Bonchev–Trinajstić information content (AvgIpc) is 3.43. The molecule has 0 amide bonds. The molecule has 0 aliphatic heterocycles. The average molecular weight is 391 g/mol. The number of hydrogen-bond acceptors (Lipinski definition) is 7. The van der Waals surface area contributed by atoms with Crippen molar-refractivity contribution in [1.29, 1.82) is 0 Å². The molecule has 0 radical (unpaired) electrons. The van der Waals surface area contributed by atoms with Crippen LogP contribution in [0.1, 0.15) is 62.7 Å². The summed E-state index contributed by atoms with van der Waals surface area (Å²) in [5.41, 5.74) is 7.83. The summed E-state index contributed by atoms with van der Waals surface area (Å²) in [6.07, 6.45) is 7.13. The van der Waals surface area contributed by atoms with Crippen molar-refractivity contribution in [2.45, 2.75) is 56.5 Å². The molecule has 3 aromatic rings. The lowest BCUT2D eigenvalue weighted by atomic mass is 9.72.